The summed E-state index contributed by atoms with van der Waals surface area (Å²) in [6.07, 6.45) is -0.898. The van der Waals surface area contributed by atoms with Crippen molar-refractivity contribution in [3.05, 3.63) is 46.2 Å². The summed E-state index contributed by atoms with van der Waals surface area (Å²) in [5, 5.41) is 4.68. The Kier molecular flexibility index (Phi) is 6.82. The van der Waals surface area contributed by atoms with Crippen LogP contribution in [0.2, 0.25) is 0 Å². The van der Waals surface area contributed by atoms with Crippen LogP contribution in [-0.2, 0) is 16.1 Å². The molecule has 25 heavy (non-hydrogen) atoms. The molecular weight excluding hydrogens is 342 g/mol. The standard InChI is InChI=1S/C18H21NO5S/c1-4-23-16-10-13(7-8-15(16)22-3)18(21)24-12(2)17(20)19-11-14-6-5-9-25-14/h5-10,12H,4,11H2,1-3H3,(H,19,20)/t12-/m0/s1. The molecule has 134 valence electrons. The van der Waals surface area contributed by atoms with E-state index in [1.54, 1.807) is 29.5 Å². The molecule has 2 rings (SSSR count). The maximum absolute atomic E-state index is 12.3. The molecule has 1 heterocycles. The maximum atomic E-state index is 12.3. The zero-order valence-corrected chi connectivity index (χ0v) is 15.2. The fourth-order valence-electron chi connectivity index (χ4n) is 2.09. The molecule has 1 N–H and O–H groups in total. The Morgan fingerprint density at radius 1 is 1.24 bits per heavy atom. The molecule has 1 aromatic carbocycles. The van der Waals surface area contributed by atoms with E-state index in [0.29, 0.717) is 30.2 Å². The molecule has 0 spiro atoms. The number of carbonyl (C=O) groups excluding carboxylic acids is 2. The van der Waals surface area contributed by atoms with Crippen molar-refractivity contribution < 1.29 is 23.8 Å². The van der Waals surface area contributed by atoms with Gasteiger partial charge in [0, 0.05) is 4.88 Å². The van der Waals surface area contributed by atoms with Crippen LogP contribution in [0.4, 0.5) is 0 Å². The SMILES string of the molecule is CCOc1cc(C(=O)O[C@@H](C)C(=O)NCc2cccs2)ccc1OC. The lowest BCUT2D eigenvalue weighted by molar-refractivity contribution is -0.129. The highest BCUT2D eigenvalue weighted by molar-refractivity contribution is 7.09. The third-order valence-electron chi connectivity index (χ3n) is 3.37. The molecule has 0 saturated heterocycles. The van der Waals surface area contributed by atoms with E-state index in [1.807, 2.05) is 24.4 Å². The Morgan fingerprint density at radius 3 is 2.68 bits per heavy atom. The third kappa shape index (κ3) is 5.22. The Labute approximate surface area is 150 Å². The van der Waals surface area contributed by atoms with Gasteiger partial charge in [-0.25, -0.2) is 4.79 Å². The van der Waals surface area contributed by atoms with Gasteiger partial charge in [-0.05, 0) is 43.5 Å². The second kappa shape index (κ2) is 9.08. The molecule has 6 nitrogen and oxygen atoms in total. The molecule has 0 bridgehead atoms. The van der Waals surface area contributed by atoms with E-state index < -0.39 is 12.1 Å². The van der Waals surface area contributed by atoms with Crippen molar-refractivity contribution in [2.24, 2.45) is 0 Å². The van der Waals surface area contributed by atoms with Crippen molar-refractivity contribution in [2.45, 2.75) is 26.5 Å². The number of nitrogens with one attached hydrogen (secondary N) is 1. The fourth-order valence-corrected chi connectivity index (χ4v) is 2.73. The minimum absolute atomic E-state index is 0.294. The van der Waals surface area contributed by atoms with Gasteiger partial charge in [0.1, 0.15) is 0 Å². The number of hydrogen-bond donors (Lipinski definition) is 1. The topological polar surface area (TPSA) is 73.9 Å². The molecule has 1 amide bonds. The first-order chi connectivity index (χ1) is 12.0. The summed E-state index contributed by atoms with van der Waals surface area (Å²) in [5.41, 5.74) is 0.294. The molecule has 0 radical (unpaired) electrons. The lowest BCUT2D eigenvalue weighted by Crippen LogP contribution is -2.35. The summed E-state index contributed by atoms with van der Waals surface area (Å²) in [7, 11) is 1.52. The van der Waals surface area contributed by atoms with Gasteiger partial charge in [0.05, 0.1) is 25.8 Å². The Morgan fingerprint density at radius 2 is 2.04 bits per heavy atom. The first-order valence-electron chi connectivity index (χ1n) is 7.87. The highest BCUT2D eigenvalue weighted by Crippen LogP contribution is 2.28. The van der Waals surface area contributed by atoms with E-state index >= 15 is 0 Å². The van der Waals surface area contributed by atoms with Crippen molar-refractivity contribution in [2.75, 3.05) is 13.7 Å². The molecule has 0 aliphatic rings. The number of amides is 1. The van der Waals surface area contributed by atoms with E-state index in [0.717, 1.165) is 4.88 Å². The van der Waals surface area contributed by atoms with Gasteiger partial charge in [0.2, 0.25) is 0 Å². The van der Waals surface area contributed by atoms with Gasteiger partial charge >= 0.3 is 5.97 Å². The number of carbonyl (C=O) groups is 2. The zero-order valence-electron chi connectivity index (χ0n) is 14.4. The molecule has 7 heteroatoms. The third-order valence-corrected chi connectivity index (χ3v) is 4.25. The fraction of sp³-hybridized carbons (Fsp3) is 0.333. The second-order valence-corrected chi connectivity index (χ2v) is 6.18. The molecule has 0 aliphatic heterocycles. The Bertz CT molecular complexity index is 714. The average molecular weight is 363 g/mol. The molecular formula is C18H21NO5S. The van der Waals surface area contributed by atoms with E-state index in [2.05, 4.69) is 5.32 Å². The van der Waals surface area contributed by atoms with Gasteiger partial charge in [-0.15, -0.1) is 11.3 Å². The highest BCUT2D eigenvalue weighted by Gasteiger charge is 2.20. The normalized spacial score (nSPS) is 11.5. The molecule has 0 aliphatic carbocycles. The lowest BCUT2D eigenvalue weighted by Gasteiger charge is -2.14. The molecule has 0 saturated carbocycles. The van der Waals surface area contributed by atoms with Gasteiger partial charge in [0.15, 0.2) is 17.6 Å². The van der Waals surface area contributed by atoms with E-state index in [9.17, 15) is 9.59 Å². The number of methoxy groups -OCH3 is 1. The predicted molar refractivity (Wildman–Crippen MR) is 95.2 cm³/mol. The summed E-state index contributed by atoms with van der Waals surface area (Å²) in [6, 6.07) is 8.58. The number of rotatable bonds is 8. The average Bonchev–Trinajstić information content (AvgIpc) is 3.13. The summed E-state index contributed by atoms with van der Waals surface area (Å²) in [5.74, 6) is 0.0389. The first kappa shape index (κ1) is 18.8. The van der Waals surface area contributed by atoms with Crippen molar-refractivity contribution in [3.63, 3.8) is 0 Å². The van der Waals surface area contributed by atoms with Gasteiger partial charge in [0.25, 0.3) is 5.91 Å². The molecule has 0 unspecified atom stereocenters. The summed E-state index contributed by atoms with van der Waals surface area (Å²) in [6.45, 7) is 4.23. The number of hydrogen-bond acceptors (Lipinski definition) is 6. The van der Waals surface area contributed by atoms with Gasteiger partial charge in [-0.2, -0.15) is 0 Å². The zero-order chi connectivity index (χ0) is 18.2. The van der Waals surface area contributed by atoms with Crippen molar-refractivity contribution in [1.29, 1.82) is 0 Å². The van der Waals surface area contributed by atoms with Crippen LogP contribution in [0, 0.1) is 0 Å². The number of esters is 1. The van der Waals surface area contributed by atoms with Crippen LogP contribution in [0.1, 0.15) is 29.1 Å². The summed E-state index contributed by atoms with van der Waals surface area (Å²) >= 11 is 1.55. The second-order valence-electron chi connectivity index (χ2n) is 5.14. The molecule has 0 fully saturated rings. The van der Waals surface area contributed by atoms with Crippen molar-refractivity contribution in [3.8, 4) is 11.5 Å². The Balaban J connectivity index is 1.95. The minimum Gasteiger partial charge on any atom is -0.493 e. The monoisotopic (exact) mass is 363 g/mol. The van der Waals surface area contributed by atoms with Gasteiger partial charge < -0.3 is 19.5 Å². The highest BCUT2D eigenvalue weighted by atomic mass is 32.1. The van der Waals surface area contributed by atoms with Crippen LogP contribution in [0.15, 0.2) is 35.7 Å². The van der Waals surface area contributed by atoms with Crippen LogP contribution >= 0.6 is 11.3 Å². The molecule has 1 aromatic heterocycles. The molecule has 1 atom stereocenters. The van der Waals surface area contributed by atoms with Crippen LogP contribution in [0.25, 0.3) is 0 Å². The maximum Gasteiger partial charge on any atom is 0.339 e. The van der Waals surface area contributed by atoms with Gasteiger partial charge in [-0.1, -0.05) is 6.07 Å². The largest absolute Gasteiger partial charge is 0.493 e. The van der Waals surface area contributed by atoms with E-state index in [4.69, 9.17) is 14.2 Å². The number of ether oxygens (including phenoxy) is 3. The minimum atomic E-state index is -0.898. The molecule has 2 aromatic rings. The summed E-state index contributed by atoms with van der Waals surface area (Å²) < 4.78 is 15.8. The van der Waals surface area contributed by atoms with Crippen LogP contribution in [0.5, 0.6) is 11.5 Å². The van der Waals surface area contributed by atoms with Crippen LogP contribution < -0.4 is 14.8 Å². The van der Waals surface area contributed by atoms with Crippen LogP contribution in [-0.4, -0.2) is 31.7 Å². The van der Waals surface area contributed by atoms with E-state index in [1.165, 1.54) is 14.0 Å². The van der Waals surface area contributed by atoms with Crippen molar-refractivity contribution in [1.82, 2.24) is 5.32 Å². The lowest BCUT2D eigenvalue weighted by atomic mass is 10.2. The van der Waals surface area contributed by atoms with E-state index in [-0.39, 0.29) is 5.91 Å². The predicted octanol–water partition coefficient (Wildman–Crippen LogP) is 3.02. The Hall–Kier alpha value is -2.54. The van der Waals surface area contributed by atoms with Crippen LogP contribution in [0.3, 0.4) is 0 Å². The van der Waals surface area contributed by atoms with Gasteiger partial charge in [-0.3, -0.25) is 4.79 Å². The number of benzene rings is 1. The first-order valence-corrected chi connectivity index (χ1v) is 8.75. The van der Waals surface area contributed by atoms with Crippen molar-refractivity contribution >= 4 is 23.2 Å². The quantitative estimate of drug-likeness (QED) is 0.730. The number of thiophene rings is 1. The smallest absolute Gasteiger partial charge is 0.339 e. The summed E-state index contributed by atoms with van der Waals surface area (Å²) in [4.78, 5) is 25.3.